The van der Waals surface area contributed by atoms with Crippen molar-refractivity contribution < 1.29 is 22.4 Å². The van der Waals surface area contributed by atoms with E-state index < -0.39 is 17.8 Å². The van der Waals surface area contributed by atoms with Crippen molar-refractivity contribution in [2.24, 2.45) is 0 Å². The molecule has 2 heterocycles. The summed E-state index contributed by atoms with van der Waals surface area (Å²) in [5, 5.41) is 0.437. The van der Waals surface area contributed by atoms with Gasteiger partial charge in [0.25, 0.3) is 5.56 Å². The molecule has 0 bridgehead atoms. The van der Waals surface area contributed by atoms with E-state index in [9.17, 15) is 27.2 Å². The number of benzene rings is 3. The van der Waals surface area contributed by atoms with Gasteiger partial charge in [0.2, 0.25) is 5.91 Å². The summed E-state index contributed by atoms with van der Waals surface area (Å²) in [6.45, 7) is 0.262. The summed E-state index contributed by atoms with van der Waals surface area (Å²) in [5.41, 5.74) is 3.72. The average Bonchev–Trinajstić information content (AvgIpc) is 3.78. The topological polar surface area (TPSA) is 83.9 Å². The SMILES string of the molecule is CN(Cc1ncc[nH]1)C(=O)C(CCc1ccc(-c2ccc(C(F)(F)F)cc2)cc1)n1c(SCc2ccc(F)cc2)nc(=O)c2c1CCC2. The number of H-pyrrole nitrogens is 1. The number of carbonyl (C=O) groups is 1. The molecule has 0 spiro atoms. The lowest BCUT2D eigenvalue weighted by molar-refractivity contribution is -0.137. The summed E-state index contributed by atoms with van der Waals surface area (Å²) in [6, 6.07) is 18.1. The molecule has 0 radical (unpaired) electrons. The number of nitrogens with zero attached hydrogens (tertiary/aromatic N) is 4. The molecule has 1 atom stereocenters. The highest BCUT2D eigenvalue weighted by atomic mass is 32.2. The van der Waals surface area contributed by atoms with E-state index in [1.165, 1.54) is 36.0 Å². The Morgan fingerprint density at radius 2 is 1.65 bits per heavy atom. The lowest BCUT2D eigenvalue weighted by atomic mass is 9.99. The molecule has 5 aromatic rings. The second-order valence-electron chi connectivity index (χ2n) is 11.8. The molecule has 1 aliphatic carbocycles. The third-order valence-corrected chi connectivity index (χ3v) is 9.57. The Labute approximate surface area is 279 Å². The van der Waals surface area contributed by atoms with Crippen LogP contribution < -0.4 is 5.56 Å². The predicted molar refractivity (Wildman–Crippen MR) is 176 cm³/mol. The number of halogens is 4. The van der Waals surface area contributed by atoms with Crippen LogP contribution in [0.3, 0.4) is 0 Å². The molecule has 2 aromatic heterocycles. The number of likely N-dealkylation sites (N-methyl/N-ethyl adjacent to an activating group) is 1. The Balaban J connectivity index is 1.30. The average molecular weight is 676 g/mol. The maximum atomic E-state index is 14.3. The fourth-order valence-corrected chi connectivity index (χ4v) is 7.03. The number of imidazole rings is 1. The number of alkyl halides is 3. The number of thioether (sulfide) groups is 1. The Hall–Kier alpha value is -4.71. The Morgan fingerprint density at radius 3 is 2.29 bits per heavy atom. The smallest absolute Gasteiger partial charge is 0.347 e. The number of aryl methyl sites for hydroxylation is 1. The van der Waals surface area contributed by atoms with Gasteiger partial charge in [-0.1, -0.05) is 60.3 Å². The maximum absolute atomic E-state index is 14.3. The van der Waals surface area contributed by atoms with Gasteiger partial charge in [-0.15, -0.1) is 0 Å². The highest BCUT2D eigenvalue weighted by molar-refractivity contribution is 7.98. The van der Waals surface area contributed by atoms with Gasteiger partial charge in [-0.3, -0.25) is 9.59 Å². The fraction of sp³-hybridized carbons (Fsp3) is 0.278. The van der Waals surface area contributed by atoms with Crippen molar-refractivity contribution >= 4 is 17.7 Å². The molecule has 48 heavy (non-hydrogen) atoms. The molecule has 248 valence electrons. The number of aromatic nitrogens is 4. The number of amides is 1. The summed E-state index contributed by atoms with van der Waals surface area (Å²) >= 11 is 1.34. The minimum absolute atomic E-state index is 0.157. The van der Waals surface area contributed by atoms with Gasteiger partial charge in [0.1, 0.15) is 17.7 Å². The fourth-order valence-electron chi connectivity index (χ4n) is 6.02. The molecule has 1 aliphatic rings. The van der Waals surface area contributed by atoms with Gasteiger partial charge in [-0.25, -0.2) is 9.37 Å². The van der Waals surface area contributed by atoms with E-state index in [2.05, 4.69) is 15.0 Å². The number of rotatable bonds is 11. The molecule has 7 nitrogen and oxygen atoms in total. The highest BCUT2D eigenvalue weighted by Gasteiger charge is 2.32. The van der Waals surface area contributed by atoms with Gasteiger partial charge in [0.05, 0.1) is 12.1 Å². The van der Waals surface area contributed by atoms with Crippen LogP contribution in [0, 0.1) is 5.82 Å². The zero-order valence-electron chi connectivity index (χ0n) is 26.1. The van der Waals surface area contributed by atoms with Crippen molar-refractivity contribution in [1.82, 2.24) is 24.4 Å². The molecular weight excluding hydrogens is 642 g/mol. The third-order valence-electron chi connectivity index (χ3n) is 8.54. The molecule has 0 saturated carbocycles. The Kier molecular flexibility index (Phi) is 9.81. The molecule has 0 saturated heterocycles. The second-order valence-corrected chi connectivity index (χ2v) is 12.8. The molecule has 3 aromatic carbocycles. The third kappa shape index (κ3) is 7.54. The van der Waals surface area contributed by atoms with Crippen molar-refractivity contribution in [2.45, 2.75) is 61.8 Å². The molecular formula is C36H33F4N5O2S. The van der Waals surface area contributed by atoms with Crippen LogP contribution in [-0.2, 0) is 42.5 Å². The van der Waals surface area contributed by atoms with E-state index in [1.54, 1.807) is 36.5 Å². The first-order chi connectivity index (χ1) is 23.1. The van der Waals surface area contributed by atoms with Gasteiger partial charge >= 0.3 is 6.18 Å². The molecule has 1 unspecified atom stereocenters. The zero-order valence-corrected chi connectivity index (χ0v) is 27.0. The molecule has 0 aliphatic heterocycles. The first kappa shape index (κ1) is 33.2. The van der Waals surface area contributed by atoms with Crippen LogP contribution in [0.25, 0.3) is 11.1 Å². The molecule has 6 rings (SSSR count). The molecule has 12 heteroatoms. The number of fused-ring (bicyclic) bond motifs is 1. The van der Waals surface area contributed by atoms with E-state index in [0.29, 0.717) is 53.5 Å². The standard InChI is InChI=1S/C36H33F4N5O2S/c1-44(21-32-41-19-20-42-32)34(47)31(18-9-23-5-10-25(11-6-23)26-12-14-27(15-13-26)36(38,39)40)45-30-4-2-3-29(30)33(46)43-35(45)48-22-24-7-16-28(37)17-8-24/h5-8,10-17,19-20,31H,2-4,9,18,21-22H2,1H3,(H,41,42). The number of hydrogen-bond donors (Lipinski definition) is 1. The Morgan fingerprint density at radius 1 is 0.979 bits per heavy atom. The van der Waals surface area contributed by atoms with Crippen molar-refractivity contribution in [3.05, 3.63) is 135 Å². The number of carbonyl (C=O) groups excluding carboxylic acids is 1. The molecule has 1 amide bonds. The molecule has 1 N–H and O–H groups in total. The van der Waals surface area contributed by atoms with Crippen LogP contribution in [-0.4, -0.2) is 37.4 Å². The summed E-state index contributed by atoms with van der Waals surface area (Å²) in [5.74, 6) is 0.572. The van der Waals surface area contributed by atoms with E-state index >= 15 is 0 Å². The number of nitrogens with one attached hydrogen (secondary N) is 1. The van der Waals surface area contributed by atoms with E-state index in [-0.39, 0.29) is 23.8 Å². The number of hydrogen-bond acceptors (Lipinski definition) is 5. The van der Waals surface area contributed by atoms with Crippen LogP contribution in [0.4, 0.5) is 17.6 Å². The molecule has 0 fully saturated rings. The summed E-state index contributed by atoms with van der Waals surface area (Å²) in [4.78, 5) is 40.8. The largest absolute Gasteiger partial charge is 0.416 e. The second kappa shape index (κ2) is 14.2. The van der Waals surface area contributed by atoms with Gasteiger partial charge in [-0.05, 0) is 78.6 Å². The van der Waals surface area contributed by atoms with Crippen molar-refractivity contribution in [1.29, 1.82) is 0 Å². The summed E-state index contributed by atoms with van der Waals surface area (Å²) in [6.07, 6.45) is 1.87. The van der Waals surface area contributed by atoms with Crippen molar-refractivity contribution in [3.63, 3.8) is 0 Å². The van der Waals surface area contributed by atoms with Gasteiger partial charge < -0.3 is 14.5 Å². The Bertz CT molecular complexity index is 1920. The summed E-state index contributed by atoms with van der Waals surface area (Å²) < 4.78 is 54.6. The van der Waals surface area contributed by atoms with Gasteiger partial charge in [0, 0.05) is 36.5 Å². The predicted octanol–water partition coefficient (Wildman–Crippen LogP) is 7.40. The highest BCUT2D eigenvalue weighted by Crippen LogP contribution is 2.34. The van der Waals surface area contributed by atoms with Gasteiger partial charge in [-0.2, -0.15) is 18.2 Å². The van der Waals surface area contributed by atoms with Crippen LogP contribution in [0.5, 0.6) is 0 Å². The quantitative estimate of drug-likeness (QED) is 0.0896. The van der Waals surface area contributed by atoms with E-state index in [4.69, 9.17) is 0 Å². The monoisotopic (exact) mass is 675 g/mol. The normalized spacial score (nSPS) is 13.4. The lowest BCUT2D eigenvalue weighted by Crippen LogP contribution is -2.37. The van der Waals surface area contributed by atoms with E-state index in [0.717, 1.165) is 40.9 Å². The van der Waals surface area contributed by atoms with Crippen LogP contribution in [0.15, 0.2) is 95.1 Å². The van der Waals surface area contributed by atoms with Crippen molar-refractivity contribution in [2.75, 3.05) is 7.05 Å². The van der Waals surface area contributed by atoms with Crippen LogP contribution in [0.1, 0.15) is 52.7 Å². The number of aromatic amines is 1. The first-order valence-electron chi connectivity index (χ1n) is 15.6. The van der Waals surface area contributed by atoms with Gasteiger partial charge in [0.15, 0.2) is 5.16 Å². The lowest BCUT2D eigenvalue weighted by Gasteiger charge is -2.29. The summed E-state index contributed by atoms with van der Waals surface area (Å²) in [7, 11) is 1.72. The maximum Gasteiger partial charge on any atom is 0.416 e. The van der Waals surface area contributed by atoms with Crippen LogP contribution in [0.2, 0.25) is 0 Å². The van der Waals surface area contributed by atoms with Crippen molar-refractivity contribution in [3.8, 4) is 11.1 Å². The van der Waals surface area contributed by atoms with E-state index in [1.807, 2.05) is 28.8 Å². The first-order valence-corrected chi connectivity index (χ1v) is 16.6. The minimum Gasteiger partial charge on any atom is -0.347 e. The van der Waals surface area contributed by atoms with Crippen LogP contribution >= 0.6 is 11.8 Å². The minimum atomic E-state index is -4.40. The zero-order chi connectivity index (χ0) is 33.8.